The number of rotatable bonds is 10. The summed E-state index contributed by atoms with van der Waals surface area (Å²) >= 11 is 4.51. The van der Waals surface area contributed by atoms with Crippen molar-refractivity contribution in [3.8, 4) is 0 Å². The summed E-state index contributed by atoms with van der Waals surface area (Å²) in [4.78, 5) is 33.2. The standard InChI is InChI=1S/C27H31N3O3S3/c1-27(2,24(31)32)18-34-23-16-28-25(36-23)29-26(33)30(17-19-8-6-7-9-19)20-12-14-22(15-13-20)35-21-10-4-3-5-11-21/h3-5,10-16,19H,6-9,17-18H2,1-2H3,(H,31,32)(H,28,29,33). The van der Waals surface area contributed by atoms with E-state index in [0.29, 0.717) is 23.3 Å². The summed E-state index contributed by atoms with van der Waals surface area (Å²) in [5.41, 5.74) is 0.0346. The number of anilines is 2. The zero-order chi connectivity index (χ0) is 25.5. The van der Waals surface area contributed by atoms with E-state index < -0.39 is 11.4 Å². The third-order valence-electron chi connectivity index (χ3n) is 6.14. The van der Waals surface area contributed by atoms with E-state index in [1.807, 2.05) is 35.2 Å². The van der Waals surface area contributed by atoms with E-state index in [1.165, 1.54) is 40.8 Å². The van der Waals surface area contributed by atoms with Gasteiger partial charge in [0.15, 0.2) is 5.13 Å². The van der Waals surface area contributed by atoms with E-state index in [9.17, 15) is 14.7 Å². The number of carboxylic acids is 1. The SMILES string of the molecule is CC(C)(CSc1cnc(NC(=O)N(CC2CCCC2)c2ccc(Sc3ccccc3)cc2)s1)C(=O)O. The molecule has 2 aromatic carbocycles. The number of hydrogen-bond donors (Lipinski definition) is 2. The monoisotopic (exact) mass is 541 g/mol. The number of hydrogen-bond acceptors (Lipinski definition) is 6. The Morgan fingerprint density at radius 1 is 1.08 bits per heavy atom. The Hall–Kier alpha value is -2.49. The number of nitrogens with one attached hydrogen (secondary N) is 1. The topological polar surface area (TPSA) is 82.5 Å². The van der Waals surface area contributed by atoms with Crippen LogP contribution in [-0.2, 0) is 4.79 Å². The van der Waals surface area contributed by atoms with Gasteiger partial charge in [-0.05, 0) is 69.0 Å². The van der Waals surface area contributed by atoms with Gasteiger partial charge in [-0.15, -0.1) is 11.8 Å². The van der Waals surface area contributed by atoms with Gasteiger partial charge in [-0.25, -0.2) is 9.78 Å². The molecule has 0 aliphatic heterocycles. The van der Waals surface area contributed by atoms with E-state index >= 15 is 0 Å². The molecule has 6 nitrogen and oxygen atoms in total. The largest absolute Gasteiger partial charge is 0.481 e. The number of thioether (sulfide) groups is 1. The van der Waals surface area contributed by atoms with Crippen LogP contribution in [0.25, 0.3) is 0 Å². The molecular formula is C27H31N3O3S3. The third-order valence-corrected chi connectivity index (χ3v) is 9.72. The fourth-order valence-corrected chi connectivity index (χ4v) is 6.71. The Morgan fingerprint density at radius 3 is 2.42 bits per heavy atom. The van der Waals surface area contributed by atoms with Gasteiger partial charge in [0.2, 0.25) is 0 Å². The second-order valence-corrected chi connectivity index (χ2v) is 13.0. The summed E-state index contributed by atoms with van der Waals surface area (Å²) in [6, 6.07) is 18.2. The molecule has 2 N–H and O–H groups in total. The lowest BCUT2D eigenvalue weighted by molar-refractivity contribution is -0.145. The maximum absolute atomic E-state index is 13.4. The van der Waals surface area contributed by atoms with Crippen LogP contribution >= 0.6 is 34.9 Å². The molecule has 0 radical (unpaired) electrons. The number of carbonyl (C=O) groups excluding carboxylic acids is 1. The van der Waals surface area contributed by atoms with Crippen LogP contribution in [0.2, 0.25) is 0 Å². The van der Waals surface area contributed by atoms with E-state index in [-0.39, 0.29) is 6.03 Å². The molecule has 1 heterocycles. The van der Waals surface area contributed by atoms with Gasteiger partial charge >= 0.3 is 12.0 Å². The first-order valence-corrected chi connectivity index (χ1v) is 14.7. The van der Waals surface area contributed by atoms with E-state index in [1.54, 1.807) is 31.8 Å². The smallest absolute Gasteiger partial charge is 0.328 e. The number of thiazole rings is 1. The maximum Gasteiger partial charge on any atom is 0.328 e. The van der Waals surface area contributed by atoms with Crippen LogP contribution in [0.15, 0.2) is 74.8 Å². The molecule has 1 aliphatic rings. The van der Waals surface area contributed by atoms with Crippen LogP contribution in [-0.4, -0.2) is 34.4 Å². The molecule has 9 heteroatoms. The van der Waals surface area contributed by atoms with E-state index in [4.69, 9.17) is 0 Å². The number of carbonyl (C=O) groups is 2. The fraction of sp³-hybridized carbons (Fsp3) is 0.370. The first kappa shape index (κ1) is 26.6. The molecule has 2 amide bonds. The predicted octanol–water partition coefficient (Wildman–Crippen LogP) is 7.73. The summed E-state index contributed by atoms with van der Waals surface area (Å²) in [5.74, 6) is 0.0950. The highest BCUT2D eigenvalue weighted by Crippen LogP contribution is 2.34. The van der Waals surface area contributed by atoms with Crippen molar-refractivity contribution in [3.05, 3.63) is 60.8 Å². The van der Waals surface area contributed by atoms with Crippen molar-refractivity contribution in [2.24, 2.45) is 11.3 Å². The number of carboxylic acid groups (broad SMARTS) is 1. The third kappa shape index (κ3) is 7.27. The summed E-state index contributed by atoms with van der Waals surface area (Å²) < 4.78 is 0.879. The Labute approximate surface area is 224 Å². The molecule has 0 spiro atoms. The van der Waals surface area contributed by atoms with Crippen LogP contribution in [0.3, 0.4) is 0 Å². The molecule has 0 bridgehead atoms. The number of aromatic nitrogens is 1. The highest BCUT2D eigenvalue weighted by molar-refractivity contribution is 8.01. The van der Waals surface area contributed by atoms with Crippen molar-refractivity contribution in [3.63, 3.8) is 0 Å². The molecule has 1 fully saturated rings. The summed E-state index contributed by atoms with van der Waals surface area (Å²) in [7, 11) is 0. The van der Waals surface area contributed by atoms with Crippen molar-refractivity contribution in [1.82, 2.24) is 4.98 Å². The van der Waals surface area contributed by atoms with Crippen LogP contribution in [0.1, 0.15) is 39.5 Å². The average molecular weight is 542 g/mol. The second kappa shape index (κ2) is 12.2. The minimum Gasteiger partial charge on any atom is -0.481 e. The van der Waals surface area contributed by atoms with Gasteiger partial charge in [0.25, 0.3) is 0 Å². The molecule has 0 atom stereocenters. The molecule has 1 saturated carbocycles. The highest BCUT2D eigenvalue weighted by atomic mass is 32.2. The van der Waals surface area contributed by atoms with E-state index in [0.717, 1.165) is 27.6 Å². The average Bonchev–Trinajstić information content (AvgIpc) is 3.54. The zero-order valence-corrected chi connectivity index (χ0v) is 22.9. The van der Waals surface area contributed by atoms with Crippen LogP contribution < -0.4 is 10.2 Å². The second-order valence-electron chi connectivity index (χ2n) is 9.56. The van der Waals surface area contributed by atoms with Gasteiger partial charge < -0.3 is 5.11 Å². The highest BCUT2D eigenvalue weighted by Gasteiger charge is 2.28. The summed E-state index contributed by atoms with van der Waals surface area (Å²) in [5, 5.41) is 12.8. The number of aliphatic carboxylic acids is 1. The van der Waals surface area contributed by atoms with Gasteiger partial charge in [-0.3, -0.25) is 15.0 Å². The Morgan fingerprint density at radius 2 is 1.75 bits per heavy atom. The van der Waals surface area contributed by atoms with Gasteiger partial charge in [0.05, 0.1) is 15.8 Å². The number of amides is 2. The van der Waals surface area contributed by atoms with Crippen LogP contribution in [0.4, 0.5) is 15.6 Å². The fourth-order valence-electron chi connectivity index (χ4n) is 3.93. The lowest BCUT2D eigenvalue weighted by Gasteiger charge is -2.26. The minimum absolute atomic E-state index is 0.192. The predicted molar refractivity (Wildman–Crippen MR) is 150 cm³/mol. The quantitative estimate of drug-likeness (QED) is 0.256. The van der Waals surface area contributed by atoms with Crippen molar-refractivity contribution in [1.29, 1.82) is 0 Å². The van der Waals surface area contributed by atoms with Crippen LogP contribution in [0.5, 0.6) is 0 Å². The zero-order valence-electron chi connectivity index (χ0n) is 20.5. The molecule has 0 unspecified atom stereocenters. The van der Waals surface area contributed by atoms with Crippen molar-refractivity contribution in [2.45, 2.75) is 53.5 Å². The number of urea groups is 1. The van der Waals surface area contributed by atoms with E-state index in [2.05, 4.69) is 34.6 Å². The summed E-state index contributed by atoms with van der Waals surface area (Å²) in [6.45, 7) is 4.09. The Bertz CT molecular complexity index is 1160. The van der Waals surface area contributed by atoms with Crippen molar-refractivity contribution in [2.75, 3.05) is 22.5 Å². The Kier molecular flexibility index (Phi) is 8.98. The number of nitrogens with zero attached hydrogens (tertiary/aromatic N) is 2. The minimum atomic E-state index is -0.832. The van der Waals surface area contributed by atoms with Crippen molar-refractivity contribution >= 4 is 57.7 Å². The first-order chi connectivity index (χ1) is 17.3. The normalized spacial score (nSPS) is 14.1. The Balaban J connectivity index is 1.44. The van der Waals surface area contributed by atoms with Gasteiger partial charge in [0, 0.05) is 27.8 Å². The molecule has 0 saturated heterocycles. The summed E-state index contributed by atoms with van der Waals surface area (Å²) in [6.07, 6.45) is 6.41. The van der Waals surface area contributed by atoms with Gasteiger partial charge in [-0.2, -0.15) is 0 Å². The lowest BCUT2D eigenvalue weighted by Crippen LogP contribution is -2.38. The molecule has 4 rings (SSSR count). The molecule has 1 aliphatic carbocycles. The molecular weight excluding hydrogens is 511 g/mol. The molecule has 3 aromatic rings. The first-order valence-electron chi connectivity index (χ1n) is 12.0. The van der Waals surface area contributed by atoms with Crippen LogP contribution in [0, 0.1) is 11.3 Å². The van der Waals surface area contributed by atoms with Crippen molar-refractivity contribution < 1.29 is 14.7 Å². The van der Waals surface area contributed by atoms with Gasteiger partial charge in [-0.1, -0.05) is 54.1 Å². The lowest BCUT2D eigenvalue weighted by atomic mass is 9.97. The molecule has 190 valence electrons. The maximum atomic E-state index is 13.4. The van der Waals surface area contributed by atoms with Gasteiger partial charge in [0.1, 0.15) is 0 Å². The molecule has 36 heavy (non-hydrogen) atoms. The number of benzene rings is 2. The molecule has 1 aromatic heterocycles.